The third kappa shape index (κ3) is 4.44. The highest BCUT2D eigenvalue weighted by Gasteiger charge is 2.30. The van der Waals surface area contributed by atoms with Gasteiger partial charge in [0.15, 0.2) is 0 Å². The Kier molecular flexibility index (Phi) is 5.29. The molecule has 1 unspecified atom stereocenters. The predicted molar refractivity (Wildman–Crippen MR) is 75.9 cm³/mol. The quantitative estimate of drug-likeness (QED) is 0.875. The molecular weight excluding hydrogens is 277 g/mol. The van der Waals surface area contributed by atoms with Crippen molar-refractivity contribution in [2.75, 3.05) is 7.11 Å². The largest absolute Gasteiger partial charge is 0.496 e. The lowest BCUT2D eigenvalue weighted by Gasteiger charge is -2.30. The third-order valence-electron chi connectivity index (χ3n) is 3.15. The van der Waals surface area contributed by atoms with Crippen molar-refractivity contribution < 1.29 is 23.8 Å². The van der Waals surface area contributed by atoms with Crippen LogP contribution in [0.15, 0.2) is 18.2 Å². The topological polar surface area (TPSA) is 75.6 Å². The number of aliphatic carboxylic acids is 1. The smallest absolute Gasteiger partial charge is 0.305 e. The van der Waals surface area contributed by atoms with Crippen LogP contribution in [0.5, 0.6) is 5.75 Å². The van der Waals surface area contributed by atoms with Crippen molar-refractivity contribution in [3.05, 3.63) is 29.6 Å². The molecule has 0 radical (unpaired) electrons. The van der Waals surface area contributed by atoms with Gasteiger partial charge in [-0.1, -0.05) is 26.8 Å². The number of carboxylic acid groups (broad SMARTS) is 1. The molecule has 0 saturated heterocycles. The number of halogens is 1. The van der Waals surface area contributed by atoms with Crippen LogP contribution in [-0.4, -0.2) is 30.1 Å². The Morgan fingerprint density at radius 1 is 1.38 bits per heavy atom. The first-order valence-electron chi connectivity index (χ1n) is 6.52. The van der Waals surface area contributed by atoms with Gasteiger partial charge in [-0.05, 0) is 17.5 Å². The molecule has 5 nitrogen and oxygen atoms in total. The Labute approximate surface area is 123 Å². The fourth-order valence-corrected chi connectivity index (χ4v) is 1.87. The molecule has 1 atom stereocenters. The molecule has 2 N–H and O–H groups in total. The van der Waals surface area contributed by atoms with Crippen molar-refractivity contribution in [1.82, 2.24) is 5.32 Å². The molecule has 0 saturated carbocycles. The van der Waals surface area contributed by atoms with Crippen molar-refractivity contribution in [2.45, 2.75) is 33.2 Å². The number of ether oxygens (including phenoxy) is 1. The van der Waals surface area contributed by atoms with E-state index >= 15 is 0 Å². The van der Waals surface area contributed by atoms with Crippen molar-refractivity contribution in [2.24, 2.45) is 5.41 Å². The van der Waals surface area contributed by atoms with E-state index in [4.69, 9.17) is 9.84 Å². The first-order valence-corrected chi connectivity index (χ1v) is 6.52. The highest BCUT2D eigenvalue weighted by atomic mass is 19.1. The van der Waals surface area contributed by atoms with E-state index in [1.807, 2.05) is 0 Å². The molecule has 0 aliphatic carbocycles. The highest BCUT2D eigenvalue weighted by molar-refractivity contribution is 5.97. The van der Waals surface area contributed by atoms with Gasteiger partial charge in [0, 0.05) is 6.04 Å². The van der Waals surface area contributed by atoms with E-state index in [-0.39, 0.29) is 17.7 Å². The number of hydrogen-bond donors (Lipinski definition) is 2. The lowest BCUT2D eigenvalue weighted by Crippen LogP contribution is -2.45. The molecule has 0 aliphatic rings. The predicted octanol–water partition coefficient (Wildman–Crippen LogP) is 2.45. The van der Waals surface area contributed by atoms with E-state index in [1.165, 1.54) is 19.2 Å². The summed E-state index contributed by atoms with van der Waals surface area (Å²) in [4.78, 5) is 23.2. The Bertz CT molecular complexity index is 537. The van der Waals surface area contributed by atoms with Gasteiger partial charge in [-0.25, -0.2) is 4.39 Å². The van der Waals surface area contributed by atoms with Gasteiger partial charge in [0.2, 0.25) is 0 Å². The molecule has 0 bridgehead atoms. The van der Waals surface area contributed by atoms with Crippen LogP contribution in [0, 0.1) is 11.2 Å². The molecule has 1 rings (SSSR count). The second-order valence-electron chi connectivity index (χ2n) is 5.81. The molecule has 116 valence electrons. The van der Waals surface area contributed by atoms with Crippen LogP contribution in [0.25, 0.3) is 0 Å². The van der Waals surface area contributed by atoms with Gasteiger partial charge in [0.1, 0.15) is 17.1 Å². The number of carbonyl (C=O) groups is 2. The summed E-state index contributed by atoms with van der Waals surface area (Å²) in [6.45, 7) is 5.42. The number of hydrogen-bond acceptors (Lipinski definition) is 3. The lowest BCUT2D eigenvalue weighted by molar-refractivity contribution is -0.138. The third-order valence-corrected chi connectivity index (χ3v) is 3.15. The molecule has 1 aromatic rings. The summed E-state index contributed by atoms with van der Waals surface area (Å²) in [6, 6.07) is 3.43. The number of carbonyl (C=O) groups excluding carboxylic acids is 1. The van der Waals surface area contributed by atoms with Crippen molar-refractivity contribution >= 4 is 11.9 Å². The monoisotopic (exact) mass is 297 g/mol. The zero-order valence-corrected chi connectivity index (χ0v) is 12.6. The standard InChI is InChI=1S/C15H20FNO4/c1-15(2,3)11(8-12(18)19)17-14(20)13-9(16)6-5-7-10(13)21-4/h5-7,11H,8H2,1-4H3,(H,17,20)(H,18,19). The van der Waals surface area contributed by atoms with Crippen LogP contribution in [0.1, 0.15) is 37.6 Å². The second-order valence-corrected chi connectivity index (χ2v) is 5.81. The van der Waals surface area contributed by atoms with E-state index in [0.717, 1.165) is 6.07 Å². The summed E-state index contributed by atoms with van der Waals surface area (Å²) in [7, 11) is 1.34. The maximum absolute atomic E-state index is 13.8. The zero-order valence-electron chi connectivity index (χ0n) is 12.6. The van der Waals surface area contributed by atoms with Gasteiger partial charge < -0.3 is 15.2 Å². The normalized spacial score (nSPS) is 12.6. The molecule has 0 heterocycles. The van der Waals surface area contributed by atoms with Gasteiger partial charge >= 0.3 is 5.97 Å². The highest BCUT2D eigenvalue weighted by Crippen LogP contribution is 2.25. The molecule has 0 spiro atoms. The van der Waals surface area contributed by atoms with Gasteiger partial charge in [0.05, 0.1) is 13.5 Å². The maximum atomic E-state index is 13.8. The Hall–Kier alpha value is -2.11. The summed E-state index contributed by atoms with van der Waals surface area (Å²) in [6.07, 6.45) is -0.244. The summed E-state index contributed by atoms with van der Waals surface area (Å²) in [5, 5.41) is 11.5. The van der Waals surface area contributed by atoms with Crippen molar-refractivity contribution in [3.8, 4) is 5.75 Å². The number of rotatable bonds is 5. The van der Waals surface area contributed by atoms with E-state index in [1.54, 1.807) is 20.8 Å². The number of nitrogens with one attached hydrogen (secondary N) is 1. The first-order chi connectivity index (χ1) is 9.66. The fraction of sp³-hybridized carbons (Fsp3) is 0.467. The average Bonchev–Trinajstić information content (AvgIpc) is 2.35. The minimum atomic E-state index is -1.03. The Morgan fingerprint density at radius 2 is 2.00 bits per heavy atom. The molecule has 0 fully saturated rings. The van der Waals surface area contributed by atoms with Crippen LogP contribution in [-0.2, 0) is 4.79 Å². The van der Waals surface area contributed by atoms with E-state index in [9.17, 15) is 14.0 Å². The van der Waals surface area contributed by atoms with Gasteiger partial charge in [-0.2, -0.15) is 0 Å². The number of amides is 1. The minimum Gasteiger partial charge on any atom is -0.496 e. The number of benzene rings is 1. The molecular formula is C15H20FNO4. The molecule has 21 heavy (non-hydrogen) atoms. The summed E-state index contributed by atoms with van der Waals surface area (Å²) in [5.41, 5.74) is -0.702. The SMILES string of the molecule is COc1cccc(F)c1C(=O)NC(CC(=O)O)C(C)(C)C. The fourth-order valence-electron chi connectivity index (χ4n) is 1.87. The Morgan fingerprint density at radius 3 is 2.48 bits per heavy atom. The summed E-state index contributed by atoms with van der Waals surface area (Å²) < 4.78 is 18.8. The van der Waals surface area contributed by atoms with E-state index < -0.39 is 29.2 Å². The molecule has 0 aromatic heterocycles. The van der Waals surface area contributed by atoms with Crippen LogP contribution in [0.4, 0.5) is 4.39 Å². The van der Waals surface area contributed by atoms with Crippen LogP contribution in [0.3, 0.4) is 0 Å². The summed E-state index contributed by atoms with van der Waals surface area (Å²) in [5.74, 6) is -2.33. The molecule has 1 aromatic carbocycles. The van der Waals surface area contributed by atoms with Crippen molar-refractivity contribution in [3.63, 3.8) is 0 Å². The lowest BCUT2D eigenvalue weighted by atomic mass is 9.84. The van der Waals surface area contributed by atoms with E-state index in [2.05, 4.69) is 5.32 Å². The van der Waals surface area contributed by atoms with Crippen LogP contribution < -0.4 is 10.1 Å². The van der Waals surface area contributed by atoms with Gasteiger partial charge in [-0.3, -0.25) is 9.59 Å². The average molecular weight is 297 g/mol. The molecule has 6 heteroatoms. The van der Waals surface area contributed by atoms with Gasteiger partial charge in [0.25, 0.3) is 5.91 Å². The minimum absolute atomic E-state index is 0.107. The summed E-state index contributed by atoms with van der Waals surface area (Å²) >= 11 is 0. The number of methoxy groups -OCH3 is 1. The van der Waals surface area contributed by atoms with Crippen LogP contribution in [0.2, 0.25) is 0 Å². The van der Waals surface area contributed by atoms with Crippen molar-refractivity contribution in [1.29, 1.82) is 0 Å². The second kappa shape index (κ2) is 6.56. The number of carboxylic acids is 1. The maximum Gasteiger partial charge on any atom is 0.305 e. The van der Waals surface area contributed by atoms with E-state index in [0.29, 0.717) is 0 Å². The molecule has 0 aliphatic heterocycles. The molecule has 1 amide bonds. The van der Waals surface area contributed by atoms with Crippen LogP contribution >= 0.6 is 0 Å². The zero-order chi connectivity index (χ0) is 16.2. The first kappa shape index (κ1) is 16.9. The van der Waals surface area contributed by atoms with Gasteiger partial charge in [-0.15, -0.1) is 0 Å². The Balaban J connectivity index is 3.05.